The first-order chi connectivity index (χ1) is 22.1. The zero-order valence-electron chi connectivity index (χ0n) is 26.1. The van der Waals surface area contributed by atoms with Crippen molar-refractivity contribution in [3.05, 3.63) is 70.9 Å². The number of anilines is 1. The first-order valence-corrected chi connectivity index (χ1v) is 16.8. The van der Waals surface area contributed by atoms with Gasteiger partial charge in [0, 0.05) is 61.1 Å². The molecule has 3 aliphatic rings. The van der Waals surface area contributed by atoms with Gasteiger partial charge in [-0.3, -0.25) is 14.5 Å². The predicted octanol–water partition coefficient (Wildman–Crippen LogP) is 2.98. The van der Waals surface area contributed by atoms with E-state index in [1.807, 2.05) is 16.8 Å². The second kappa shape index (κ2) is 12.4. The highest BCUT2D eigenvalue weighted by Crippen LogP contribution is 2.55. The summed E-state index contributed by atoms with van der Waals surface area (Å²) in [7, 11) is 1.65. The molecule has 46 heavy (non-hydrogen) atoms. The van der Waals surface area contributed by atoms with Gasteiger partial charge in [0.1, 0.15) is 16.4 Å². The van der Waals surface area contributed by atoms with Crippen LogP contribution in [0.2, 0.25) is 5.02 Å². The van der Waals surface area contributed by atoms with Crippen LogP contribution in [0.5, 0.6) is 17.4 Å². The fraction of sp³-hybridized carbons (Fsp3) is 0.406. The molecule has 2 aromatic carbocycles. The maximum Gasteiger partial charge on any atom is 0.274 e. The maximum atomic E-state index is 15.4. The lowest BCUT2D eigenvalue weighted by Gasteiger charge is -2.43. The molecule has 3 aliphatic heterocycles. The molecule has 2 amide bonds. The van der Waals surface area contributed by atoms with E-state index in [9.17, 15) is 13.2 Å². The summed E-state index contributed by atoms with van der Waals surface area (Å²) >= 11 is 6.60. The Kier molecular flexibility index (Phi) is 8.61. The van der Waals surface area contributed by atoms with Crippen LogP contribution in [0, 0.1) is 0 Å². The number of hydrogen-bond donors (Lipinski definition) is 0. The number of piperazine rings is 1. The van der Waals surface area contributed by atoms with Gasteiger partial charge in [-0.05, 0) is 62.4 Å². The van der Waals surface area contributed by atoms with E-state index in [-0.39, 0.29) is 28.1 Å². The molecule has 0 bridgehead atoms. The molecule has 2 fully saturated rings. The van der Waals surface area contributed by atoms with Crippen LogP contribution >= 0.6 is 11.6 Å². The molecule has 14 heteroatoms. The summed E-state index contributed by atoms with van der Waals surface area (Å²) in [5.41, 5.74) is -1.10. The Morgan fingerprint density at radius 1 is 0.957 bits per heavy atom. The number of fused-ring (bicyclic) bond motifs is 1. The molecule has 2 atom stereocenters. The number of ether oxygens (including phenoxy) is 3. The van der Waals surface area contributed by atoms with Gasteiger partial charge in [-0.2, -0.15) is 0 Å². The van der Waals surface area contributed by atoms with Crippen LogP contribution in [0.4, 0.5) is 5.69 Å². The molecular weight excluding hydrogens is 634 g/mol. The second-order valence-electron chi connectivity index (χ2n) is 11.5. The van der Waals surface area contributed by atoms with Gasteiger partial charge in [0.25, 0.3) is 15.9 Å². The first kappa shape index (κ1) is 32.0. The molecule has 0 spiro atoms. The van der Waals surface area contributed by atoms with Crippen molar-refractivity contribution in [1.82, 2.24) is 19.7 Å². The number of pyridine rings is 1. The number of rotatable bonds is 8. The summed E-state index contributed by atoms with van der Waals surface area (Å²) in [4.78, 5) is 39.6. The number of sulfonamides is 1. The fourth-order valence-electron chi connectivity index (χ4n) is 6.86. The molecule has 12 nitrogen and oxygen atoms in total. The highest BCUT2D eigenvalue weighted by Gasteiger charge is 2.63. The summed E-state index contributed by atoms with van der Waals surface area (Å²) in [6.45, 7) is 2.90. The normalized spacial score (nSPS) is 22.2. The highest BCUT2D eigenvalue weighted by atomic mass is 35.5. The third kappa shape index (κ3) is 4.96. The van der Waals surface area contributed by atoms with Gasteiger partial charge in [0.2, 0.25) is 11.8 Å². The molecule has 1 aromatic heterocycles. The number of carbonyl (C=O) groups excluding carboxylic acids is 2. The third-order valence-corrected chi connectivity index (χ3v) is 11.1. The van der Waals surface area contributed by atoms with Gasteiger partial charge in [-0.1, -0.05) is 11.6 Å². The molecule has 6 rings (SSSR count). The van der Waals surface area contributed by atoms with Crippen LogP contribution in [-0.2, 0) is 25.2 Å². The van der Waals surface area contributed by atoms with Gasteiger partial charge in [-0.25, -0.2) is 17.7 Å². The van der Waals surface area contributed by atoms with Crippen molar-refractivity contribution >= 4 is 39.1 Å². The van der Waals surface area contributed by atoms with Crippen LogP contribution < -0.4 is 18.5 Å². The second-order valence-corrected chi connectivity index (χ2v) is 13.7. The quantitative estimate of drug-likeness (QED) is 0.354. The van der Waals surface area contributed by atoms with Crippen LogP contribution in [0.1, 0.15) is 24.0 Å². The molecule has 0 aliphatic carbocycles. The smallest absolute Gasteiger partial charge is 0.274 e. The van der Waals surface area contributed by atoms with Gasteiger partial charge in [0.05, 0.1) is 33.1 Å². The van der Waals surface area contributed by atoms with Gasteiger partial charge in [-0.15, -0.1) is 0 Å². The summed E-state index contributed by atoms with van der Waals surface area (Å²) in [5, 5.41) is 0.293. The topological polar surface area (TPSA) is 122 Å². The Hall–Kier alpha value is -3.91. The van der Waals surface area contributed by atoms with Crippen molar-refractivity contribution in [3.63, 3.8) is 0 Å². The lowest BCUT2D eigenvalue weighted by molar-refractivity contribution is -0.141. The predicted molar refractivity (Wildman–Crippen MR) is 171 cm³/mol. The summed E-state index contributed by atoms with van der Waals surface area (Å²) < 4.78 is 46.6. The minimum Gasteiger partial charge on any atom is -0.497 e. The van der Waals surface area contributed by atoms with E-state index in [0.717, 1.165) is 17.4 Å². The van der Waals surface area contributed by atoms with Crippen LogP contribution in [0.25, 0.3) is 0 Å². The zero-order chi connectivity index (χ0) is 32.8. The van der Waals surface area contributed by atoms with Crippen LogP contribution in [0.3, 0.4) is 0 Å². The molecular formula is C32H36ClN5O7S. The van der Waals surface area contributed by atoms with Crippen molar-refractivity contribution in [2.75, 3.05) is 65.4 Å². The number of nitrogens with zero attached hydrogens (tertiary/aromatic N) is 5. The number of amides is 2. The van der Waals surface area contributed by atoms with E-state index in [1.165, 1.54) is 57.9 Å². The summed E-state index contributed by atoms with van der Waals surface area (Å²) in [5.74, 6) is -0.397. The Bertz CT molecular complexity index is 1780. The highest BCUT2D eigenvalue weighted by molar-refractivity contribution is 7.93. The molecule has 2 unspecified atom stereocenters. The number of benzene rings is 2. The first-order valence-electron chi connectivity index (χ1n) is 14.9. The Balaban J connectivity index is 1.59. The summed E-state index contributed by atoms with van der Waals surface area (Å²) in [6.07, 6.45) is 2.62. The minimum atomic E-state index is -4.60. The number of aromatic nitrogens is 1. The Morgan fingerprint density at radius 3 is 2.41 bits per heavy atom. The van der Waals surface area contributed by atoms with Crippen LogP contribution in [-0.4, -0.2) is 107 Å². The number of halogens is 1. The minimum absolute atomic E-state index is 0.00316. The SMILES string of the molecule is COc1ccc(S(=O)(=O)N2C(=O)C(c3cccnc3OC)(N3CCCC3C(=O)N3CCN(C)CC3)c3cc(Cl)ccc32)c(OC)c1. The van der Waals surface area contributed by atoms with Crippen molar-refractivity contribution in [2.45, 2.75) is 29.3 Å². The van der Waals surface area contributed by atoms with Crippen molar-refractivity contribution in [1.29, 1.82) is 0 Å². The van der Waals surface area contributed by atoms with Gasteiger partial charge in [0.15, 0.2) is 5.54 Å². The standard InChI is InChI=1S/C32H36ClN5O7S/c1-35-15-17-36(18-16-35)30(39)26-8-6-14-37(26)32(23-7-5-13-34-29(23)45-4)24-19-21(33)9-11-25(24)38(31(32)40)46(41,42)28-12-10-22(43-2)20-27(28)44-3/h5,7,9-13,19-20,26H,6,8,14-18H2,1-4H3. The Labute approximate surface area is 273 Å². The molecule has 0 radical (unpaired) electrons. The molecule has 244 valence electrons. The molecule has 3 aromatic rings. The largest absolute Gasteiger partial charge is 0.497 e. The summed E-state index contributed by atoms with van der Waals surface area (Å²) in [6, 6.07) is 11.5. The number of likely N-dealkylation sites (tertiary alicyclic amines) is 1. The molecule has 0 saturated carbocycles. The lowest BCUT2D eigenvalue weighted by Crippen LogP contribution is -2.60. The Morgan fingerprint density at radius 2 is 1.72 bits per heavy atom. The fourth-order valence-corrected chi connectivity index (χ4v) is 8.63. The lowest BCUT2D eigenvalue weighted by atomic mass is 9.81. The van der Waals surface area contributed by atoms with E-state index in [4.69, 9.17) is 25.8 Å². The van der Waals surface area contributed by atoms with E-state index in [2.05, 4.69) is 9.88 Å². The van der Waals surface area contributed by atoms with Gasteiger partial charge >= 0.3 is 0 Å². The van der Waals surface area contributed by atoms with Crippen molar-refractivity contribution < 1.29 is 32.2 Å². The third-order valence-electron chi connectivity index (χ3n) is 9.09. The van der Waals surface area contributed by atoms with Crippen LogP contribution in [0.15, 0.2) is 59.6 Å². The van der Waals surface area contributed by atoms with E-state index in [0.29, 0.717) is 54.4 Å². The van der Waals surface area contributed by atoms with E-state index >= 15 is 4.79 Å². The average molecular weight is 670 g/mol. The van der Waals surface area contributed by atoms with Crippen molar-refractivity contribution in [2.24, 2.45) is 0 Å². The average Bonchev–Trinajstić information content (AvgIpc) is 3.65. The monoisotopic (exact) mass is 669 g/mol. The number of methoxy groups -OCH3 is 3. The number of carbonyl (C=O) groups is 2. The maximum absolute atomic E-state index is 15.4. The molecule has 0 N–H and O–H groups in total. The van der Waals surface area contributed by atoms with E-state index in [1.54, 1.807) is 18.2 Å². The van der Waals surface area contributed by atoms with Crippen molar-refractivity contribution in [3.8, 4) is 17.4 Å². The van der Waals surface area contributed by atoms with E-state index < -0.39 is 27.5 Å². The zero-order valence-corrected chi connectivity index (χ0v) is 27.7. The van der Waals surface area contributed by atoms with Gasteiger partial charge < -0.3 is 24.0 Å². The number of hydrogen-bond acceptors (Lipinski definition) is 10. The molecule has 4 heterocycles. The molecule has 2 saturated heterocycles. The number of likely N-dealkylation sites (N-methyl/N-ethyl adjacent to an activating group) is 1.